The molecule has 17 heavy (non-hydrogen) atoms. The summed E-state index contributed by atoms with van der Waals surface area (Å²) in [5.41, 5.74) is 3.47. The predicted molar refractivity (Wildman–Crippen MR) is 67.8 cm³/mol. The lowest BCUT2D eigenvalue weighted by atomic mass is 10.1. The van der Waals surface area contributed by atoms with E-state index in [2.05, 4.69) is 41.2 Å². The summed E-state index contributed by atoms with van der Waals surface area (Å²) in [5.74, 6) is 0.469. The quantitative estimate of drug-likeness (QED) is 0.860. The van der Waals surface area contributed by atoms with Gasteiger partial charge in [0.2, 0.25) is 0 Å². The Balaban J connectivity index is 2.18. The predicted octanol–water partition coefficient (Wildman–Crippen LogP) is 1.37. The third-order valence-electron chi connectivity index (χ3n) is 3.26. The van der Waals surface area contributed by atoms with Gasteiger partial charge in [0.1, 0.15) is 0 Å². The van der Waals surface area contributed by atoms with Gasteiger partial charge in [-0.25, -0.2) is 0 Å². The number of hydrogen-bond acceptors (Lipinski definition) is 3. The van der Waals surface area contributed by atoms with E-state index in [1.807, 2.05) is 0 Å². The fraction of sp³-hybridized carbons (Fsp3) is 0.615. The van der Waals surface area contributed by atoms with Crippen molar-refractivity contribution in [3.8, 4) is 0 Å². The molecular formula is C13H21N3O. The number of allylic oxidation sites excluding steroid dienone is 1. The van der Waals surface area contributed by atoms with Crippen LogP contribution in [0.3, 0.4) is 0 Å². The fourth-order valence-corrected chi connectivity index (χ4v) is 2.17. The second kappa shape index (κ2) is 4.92. The van der Waals surface area contributed by atoms with E-state index in [1.54, 1.807) is 0 Å². The molecule has 0 bridgehead atoms. The van der Waals surface area contributed by atoms with Crippen LogP contribution >= 0.6 is 0 Å². The van der Waals surface area contributed by atoms with Crippen molar-refractivity contribution in [1.82, 2.24) is 14.7 Å². The number of fused-ring (bicyclic) bond motifs is 1. The second-order valence-electron chi connectivity index (χ2n) is 4.90. The average Bonchev–Trinajstić information content (AvgIpc) is 2.61. The summed E-state index contributed by atoms with van der Waals surface area (Å²) in [6.07, 6.45) is 0.971. The van der Waals surface area contributed by atoms with E-state index in [9.17, 15) is 0 Å². The largest absolute Gasteiger partial charge is 0.395 e. The monoisotopic (exact) mass is 235 g/mol. The Bertz CT molecular complexity index is 409. The third-order valence-corrected chi connectivity index (χ3v) is 3.26. The fourth-order valence-electron chi connectivity index (χ4n) is 2.17. The number of nitrogens with zero attached hydrogens (tertiary/aromatic N) is 3. The van der Waals surface area contributed by atoms with Crippen LogP contribution in [0.5, 0.6) is 0 Å². The van der Waals surface area contributed by atoms with Crippen molar-refractivity contribution in [2.24, 2.45) is 0 Å². The number of aliphatic hydroxyl groups is 1. The first-order valence-corrected chi connectivity index (χ1v) is 6.22. The molecule has 94 valence electrons. The minimum absolute atomic E-state index is 0.179. The zero-order valence-corrected chi connectivity index (χ0v) is 10.7. The molecule has 0 fully saturated rings. The Morgan fingerprint density at radius 3 is 2.94 bits per heavy atom. The smallest absolute Gasteiger partial charge is 0.0805 e. The van der Waals surface area contributed by atoms with Crippen LogP contribution in [0.15, 0.2) is 18.3 Å². The van der Waals surface area contributed by atoms with Crippen LogP contribution in [0.2, 0.25) is 0 Å². The zero-order chi connectivity index (χ0) is 12.4. The summed E-state index contributed by atoms with van der Waals surface area (Å²) in [4.78, 5) is 2.14. The lowest BCUT2D eigenvalue weighted by molar-refractivity contribution is 0.226. The summed E-state index contributed by atoms with van der Waals surface area (Å²) in [5, 5.41) is 13.6. The first kappa shape index (κ1) is 12.2. The van der Waals surface area contributed by atoms with E-state index in [-0.39, 0.29) is 6.61 Å². The molecule has 1 N–H and O–H groups in total. The highest BCUT2D eigenvalue weighted by Gasteiger charge is 2.18. The van der Waals surface area contributed by atoms with Crippen LogP contribution in [0.25, 0.3) is 0 Å². The summed E-state index contributed by atoms with van der Waals surface area (Å²) < 4.78 is 2.05. The molecule has 0 radical (unpaired) electrons. The Kier molecular flexibility index (Phi) is 3.52. The van der Waals surface area contributed by atoms with Gasteiger partial charge in [0, 0.05) is 30.9 Å². The number of hydrogen-bond donors (Lipinski definition) is 1. The second-order valence-corrected chi connectivity index (χ2v) is 4.90. The van der Waals surface area contributed by atoms with Crippen molar-refractivity contribution in [3.63, 3.8) is 0 Å². The molecule has 2 rings (SSSR count). The highest BCUT2D eigenvalue weighted by atomic mass is 16.3. The molecule has 1 aromatic heterocycles. The van der Waals surface area contributed by atoms with E-state index >= 15 is 0 Å². The van der Waals surface area contributed by atoms with Crippen LogP contribution in [0, 0.1) is 0 Å². The van der Waals surface area contributed by atoms with E-state index in [0.29, 0.717) is 12.5 Å². The molecule has 4 nitrogen and oxygen atoms in total. The zero-order valence-electron chi connectivity index (χ0n) is 10.7. The molecule has 4 heteroatoms. The van der Waals surface area contributed by atoms with Crippen molar-refractivity contribution in [2.45, 2.75) is 32.7 Å². The lowest BCUT2D eigenvalue weighted by Gasteiger charge is -2.23. The Hall–Kier alpha value is -1.29. The molecule has 0 spiro atoms. The van der Waals surface area contributed by atoms with Gasteiger partial charge in [-0.05, 0) is 12.0 Å². The van der Waals surface area contributed by atoms with E-state index in [0.717, 1.165) is 30.9 Å². The van der Waals surface area contributed by atoms with Crippen molar-refractivity contribution < 1.29 is 5.11 Å². The Morgan fingerprint density at radius 1 is 1.53 bits per heavy atom. The van der Waals surface area contributed by atoms with E-state index < -0.39 is 0 Å². The van der Waals surface area contributed by atoms with Crippen molar-refractivity contribution in [1.29, 1.82) is 0 Å². The van der Waals surface area contributed by atoms with Gasteiger partial charge in [-0.1, -0.05) is 20.4 Å². The van der Waals surface area contributed by atoms with Crippen LogP contribution in [-0.4, -0.2) is 39.5 Å². The van der Waals surface area contributed by atoms with Crippen molar-refractivity contribution >= 4 is 0 Å². The SMILES string of the molecule is C=C1Cn2nc(C(C)C)cc2CCN1CCO. The number of aromatic nitrogens is 2. The van der Waals surface area contributed by atoms with Gasteiger partial charge in [0.25, 0.3) is 0 Å². The maximum Gasteiger partial charge on any atom is 0.0805 e. The van der Waals surface area contributed by atoms with E-state index in [4.69, 9.17) is 5.11 Å². The molecule has 0 unspecified atom stereocenters. The number of β-amino-alcohol motifs (C(OH)–C–C–N with tert-alkyl or cyclic N) is 1. The molecule has 1 aliphatic rings. The summed E-state index contributed by atoms with van der Waals surface area (Å²) in [6, 6.07) is 2.19. The molecule has 1 aliphatic heterocycles. The molecule has 1 aromatic rings. The molecular weight excluding hydrogens is 214 g/mol. The van der Waals surface area contributed by atoms with E-state index in [1.165, 1.54) is 5.69 Å². The van der Waals surface area contributed by atoms with Gasteiger partial charge in [-0.2, -0.15) is 5.10 Å². The van der Waals surface area contributed by atoms with Gasteiger partial charge in [0.15, 0.2) is 0 Å². The molecule has 0 aromatic carbocycles. The molecule has 2 heterocycles. The lowest BCUT2D eigenvalue weighted by Crippen LogP contribution is -2.27. The van der Waals surface area contributed by atoms with Crippen LogP contribution in [0.1, 0.15) is 31.2 Å². The number of rotatable bonds is 3. The number of aliphatic hydroxyl groups excluding tert-OH is 1. The summed E-state index contributed by atoms with van der Waals surface area (Å²) in [6.45, 7) is 10.9. The summed E-state index contributed by atoms with van der Waals surface area (Å²) >= 11 is 0. The standard InChI is InChI=1S/C13H21N3O/c1-10(2)13-8-12-4-5-15(6-7-17)11(3)9-16(12)14-13/h8,10,17H,3-7,9H2,1-2H3. The van der Waals surface area contributed by atoms with Gasteiger partial charge < -0.3 is 10.0 Å². The maximum atomic E-state index is 9.01. The maximum absolute atomic E-state index is 9.01. The van der Waals surface area contributed by atoms with Crippen molar-refractivity contribution in [3.05, 3.63) is 29.7 Å². The van der Waals surface area contributed by atoms with Crippen LogP contribution in [-0.2, 0) is 13.0 Å². The highest BCUT2D eigenvalue weighted by Crippen LogP contribution is 2.19. The molecule has 0 saturated carbocycles. The van der Waals surface area contributed by atoms with Crippen molar-refractivity contribution in [2.75, 3.05) is 19.7 Å². The molecule has 0 aliphatic carbocycles. The Labute approximate surface area is 103 Å². The Morgan fingerprint density at radius 2 is 2.29 bits per heavy atom. The normalized spacial score (nSPS) is 16.2. The summed E-state index contributed by atoms with van der Waals surface area (Å²) in [7, 11) is 0. The highest BCUT2D eigenvalue weighted by molar-refractivity contribution is 5.17. The third kappa shape index (κ3) is 2.52. The van der Waals surface area contributed by atoms with Gasteiger partial charge >= 0.3 is 0 Å². The average molecular weight is 235 g/mol. The van der Waals surface area contributed by atoms with Gasteiger partial charge in [-0.15, -0.1) is 0 Å². The first-order chi connectivity index (χ1) is 8.11. The minimum atomic E-state index is 0.179. The molecule has 0 saturated heterocycles. The van der Waals surface area contributed by atoms with Crippen LogP contribution in [0.4, 0.5) is 0 Å². The van der Waals surface area contributed by atoms with Crippen LogP contribution < -0.4 is 0 Å². The molecule has 0 amide bonds. The minimum Gasteiger partial charge on any atom is -0.395 e. The molecule has 0 atom stereocenters. The van der Waals surface area contributed by atoms with Gasteiger partial charge in [0.05, 0.1) is 18.8 Å². The first-order valence-electron chi connectivity index (χ1n) is 6.22. The topological polar surface area (TPSA) is 41.3 Å². The van der Waals surface area contributed by atoms with Gasteiger partial charge in [-0.3, -0.25) is 4.68 Å².